The van der Waals surface area contributed by atoms with Gasteiger partial charge in [-0.1, -0.05) is 34.6 Å². The molecule has 3 aromatic carbocycles. The van der Waals surface area contributed by atoms with Gasteiger partial charge in [-0.2, -0.15) is 5.21 Å². The van der Waals surface area contributed by atoms with Crippen LogP contribution in [0.25, 0.3) is 5.69 Å². The Bertz CT molecular complexity index is 1690. The number of rotatable bonds is 9. The smallest absolute Gasteiger partial charge is 0.211 e. The van der Waals surface area contributed by atoms with Gasteiger partial charge in [0.15, 0.2) is 11.8 Å². The molecule has 0 bridgehead atoms. The van der Waals surface area contributed by atoms with Crippen LogP contribution in [0, 0.1) is 17.5 Å². The van der Waals surface area contributed by atoms with E-state index in [1.54, 1.807) is 25.3 Å². The maximum Gasteiger partial charge on any atom is 0.211 e. The molecule has 8 nitrogen and oxygen atoms in total. The van der Waals surface area contributed by atoms with Crippen molar-refractivity contribution >= 4 is 23.4 Å². The van der Waals surface area contributed by atoms with E-state index in [1.165, 1.54) is 23.9 Å². The molecule has 0 amide bonds. The van der Waals surface area contributed by atoms with Gasteiger partial charge < -0.3 is 9.47 Å². The quantitative estimate of drug-likeness (QED) is 0.183. The molecule has 1 N–H and O–H groups in total. The number of imidazole rings is 1. The van der Waals surface area contributed by atoms with Gasteiger partial charge in [-0.25, -0.2) is 18.2 Å². The first kappa shape index (κ1) is 28.1. The zero-order valence-electron chi connectivity index (χ0n) is 22.3. The molecule has 0 radical (unpaired) electrons. The summed E-state index contributed by atoms with van der Waals surface area (Å²) in [5.74, 6) is -1.11. The number of H-pyrrole nitrogens is 1. The molecule has 13 heteroatoms. The molecule has 0 aliphatic heterocycles. The molecule has 2 heterocycles. The summed E-state index contributed by atoms with van der Waals surface area (Å²) in [6, 6.07) is 14.0. The van der Waals surface area contributed by atoms with Gasteiger partial charge in [0.2, 0.25) is 5.82 Å². The Morgan fingerprint density at radius 2 is 1.86 bits per heavy atom. The fourth-order valence-corrected chi connectivity index (χ4v) is 6.34. The van der Waals surface area contributed by atoms with Crippen molar-refractivity contribution in [2.45, 2.75) is 42.7 Å². The zero-order chi connectivity index (χ0) is 29.2. The highest BCUT2D eigenvalue weighted by molar-refractivity contribution is 7.98. The maximum atomic E-state index is 15.1. The lowest BCUT2D eigenvalue weighted by molar-refractivity contribution is 0.292. The average molecular weight is 613 g/mol. The third-order valence-corrected chi connectivity index (χ3v) is 8.35. The number of benzene rings is 3. The number of hydrogen-bond donors (Lipinski definition) is 1. The summed E-state index contributed by atoms with van der Waals surface area (Å²) in [7, 11) is 1.57. The van der Waals surface area contributed by atoms with Crippen LogP contribution in [0.3, 0.4) is 0 Å². The van der Waals surface area contributed by atoms with E-state index >= 15 is 8.78 Å². The van der Waals surface area contributed by atoms with Crippen LogP contribution in [0.1, 0.15) is 47.1 Å². The largest absolute Gasteiger partial charge is 0.495 e. The molecular formula is C29H24ClF3N6O2S. The van der Waals surface area contributed by atoms with Crippen molar-refractivity contribution in [1.29, 1.82) is 0 Å². The molecule has 0 saturated carbocycles. The molecule has 216 valence electrons. The van der Waals surface area contributed by atoms with E-state index in [4.69, 9.17) is 26.1 Å². The van der Waals surface area contributed by atoms with Gasteiger partial charge in [0.05, 0.1) is 23.5 Å². The minimum atomic E-state index is -0.749. The molecular weight excluding hydrogens is 589 g/mol. The van der Waals surface area contributed by atoms with E-state index < -0.39 is 11.6 Å². The Morgan fingerprint density at radius 3 is 2.57 bits per heavy atom. The second-order valence-electron chi connectivity index (χ2n) is 9.65. The standard InChI is InChI=1S/C29H24ClF3N6O2S/c1-40-26-11-16(5-10-22(26)30)20-3-2-4-25-28(20)39(18-8-6-17(31)7-9-18)29(34-25)42-15-21-23(32)12-19(13-24(21)33)41-14-27-35-37-38-36-27/h5-13,20H,2-4,14-15H2,1H3,(H,35,36,37,38). The Balaban J connectivity index is 1.34. The van der Waals surface area contributed by atoms with Gasteiger partial charge >= 0.3 is 0 Å². The number of nitrogens with one attached hydrogen (secondary N) is 1. The predicted octanol–water partition coefficient (Wildman–Crippen LogP) is 6.80. The molecule has 6 rings (SSSR count). The number of hydrogen-bond acceptors (Lipinski definition) is 7. The number of fused-ring (bicyclic) bond motifs is 1. The molecule has 0 saturated heterocycles. The van der Waals surface area contributed by atoms with Crippen molar-refractivity contribution in [3.63, 3.8) is 0 Å². The highest BCUT2D eigenvalue weighted by Gasteiger charge is 2.31. The topological polar surface area (TPSA) is 90.7 Å². The van der Waals surface area contributed by atoms with E-state index in [0.29, 0.717) is 21.6 Å². The number of ether oxygens (including phenoxy) is 2. The third kappa shape index (κ3) is 5.68. The van der Waals surface area contributed by atoms with Crippen molar-refractivity contribution < 1.29 is 22.6 Å². The Kier molecular flexibility index (Phi) is 8.07. The van der Waals surface area contributed by atoms with Crippen molar-refractivity contribution in [2.24, 2.45) is 0 Å². The summed E-state index contributed by atoms with van der Waals surface area (Å²) >= 11 is 7.50. The number of aromatic nitrogens is 6. The molecule has 1 unspecified atom stereocenters. The second kappa shape index (κ2) is 12.1. The summed E-state index contributed by atoms with van der Waals surface area (Å²) in [6.07, 6.45) is 2.50. The number of tetrazole rings is 1. The first-order valence-electron chi connectivity index (χ1n) is 13.1. The Morgan fingerprint density at radius 1 is 1.07 bits per heavy atom. The minimum Gasteiger partial charge on any atom is -0.495 e. The highest BCUT2D eigenvalue weighted by atomic mass is 35.5. The molecule has 1 aliphatic carbocycles. The summed E-state index contributed by atoms with van der Waals surface area (Å²) in [6.45, 7) is -0.0925. The number of aromatic amines is 1. The summed E-state index contributed by atoms with van der Waals surface area (Å²) in [4.78, 5) is 4.92. The SMILES string of the molecule is COc1cc(C2CCCc3nc(SCc4c(F)cc(OCc5nn[nH]n5)cc4F)n(-c4ccc(F)cc4)c32)ccc1Cl. The molecule has 42 heavy (non-hydrogen) atoms. The van der Waals surface area contributed by atoms with Crippen molar-refractivity contribution in [1.82, 2.24) is 30.2 Å². The van der Waals surface area contributed by atoms with E-state index in [0.717, 1.165) is 48.3 Å². The number of aryl methyl sites for hydroxylation is 1. The number of halogens is 4. The molecule has 5 aromatic rings. The zero-order valence-corrected chi connectivity index (χ0v) is 23.9. The van der Waals surface area contributed by atoms with E-state index in [1.807, 2.05) is 16.7 Å². The molecule has 0 fully saturated rings. The van der Waals surface area contributed by atoms with Crippen LogP contribution >= 0.6 is 23.4 Å². The van der Waals surface area contributed by atoms with Gasteiger partial charge in [-0.3, -0.25) is 4.57 Å². The van der Waals surface area contributed by atoms with Gasteiger partial charge in [-0.05, 0) is 61.2 Å². The van der Waals surface area contributed by atoms with Gasteiger partial charge in [0.25, 0.3) is 0 Å². The number of methoxy groups -OCH3 is 1. The highest BCUT2D eigenvalue weighted by Crippen LogP contribution is 2.43. The summed E-state index contributed by atoms with van der Waals surface area (Å²) in [5.41, 5.74) is 3.43. The van der Waals surface area contributed by atoms with E-state index in [9.17, 15) is 4.39 Å². The van der Waals surface area contributed by atoms with Gasteiger partial charge in [-0.15, -0.1) is 10.2 Å². The van der Waals surface area contributed by atoms with Crippen LogP contribution in [0.4, 0.5) is 13.2 Å². The summed E-state index contributed by atoms with van der Waals surface area (Å²) < 4.78 is 56.9. The number of thioether (sulfide) groups is 1. The van der Waals surface area contributed by atoms with Crippen LogP contribution in [0.5, 0.6) is 11.5 Å². The van der Waals surface area contributed by atoms with Gasteiger partial charge in [0, 0.05) is 35.1 Å². The molecule has 1 atom stereocenters. The lowest BCUT2D eigenvalue weighted by atomic mass is 9.84. The molecule has 1 aliphatic rings. The van der Waals surface area contributed by atoms with Crippen LogP contribution in [0.2, 0.25) is 5.02 Å². The fraction of sp³-hybridized carbons (Fsp3) is 0.241. The molecule has 2 aromatic heterocycles. The number of nitrogens with zero attached hydrogens (tertiary/aromatic N) is 5. The Labute approximate surface area is 248 Å². The Hall–Kier alpha value is -4.03. The van der Waals surface area contributed by atoms with Crippen molar-refractivity contribution in [2.75, 3.05) is 7.11 Å². The fourth-order valence-electron chi connectivity index (χ4n) is 5.09. The van der Waals surface area contributed by atoms with E-state index in [2.05, 4.69) is 20.6 Å². The average Bonchev–Trinajstić information content (AvgIpc) is 3.64. The van der Waals surface area contributed by atoms with Crippen LogP contribution in [-0.4, -0.2) is 37.3 Å². The third-order valence-electron chi connectivity index (χ3n) is 7.07. The van der Waals surface area contributed by atoms with Crippen molar-refractivity contribution in [3.8, 4) is 17.2 Å². The van der Waals surface area contributed by atoms with Crippen LogP contribution < -0.4 is 9.47 Å². The lowest BCUT2D eigenvalue weighted by Gasteiger charge is -2.26. The minimum absolute atomic E-state index is 0.00746. The van der Waals surface area contributed by atoms with Crippen molar-refractivity contribution in [3.05, 3.63) is 105 Å². The predicted molar refractivity (Wildman–Crippen MR) is 151 cm³/mol. The normalized spacial score (nSPS) is 14.5. The monoisotopic (exact) mass is 612 g/mol. The van der Waals surface area contributed by atoms with Gasteiger partial charge in [0.1, 0.15) is 29.0 Å². The maximum absolute atomic E-state index is 15.1. The first-order valence-corrected chi connectivity index (χ1v) is 14.4. The molecule has 0 spiro atoms. The van der Waals surface area contributed by atoms with Crippen LogP contribution in [0.15, 0.2) is 59.8 Å². The second-order valence-corrected chi connectivity index (χ2v) is 11.0. The van der Waals surface area contributed by atoms with E-state index in [-0.39, 0.29) is 41.2 Å². The van der Waals surface area contributed by atoms with Crippen LogP contribution in [-0.2, 0) is 18.8 Å². The first-order chi connectivity index (χ1) is 20.4. The lowest BCUT2D eigenvalue weighted by Crippen LogP contribution is -2.15. The summed E-state index contributed by atoms with van der Waals surface area (Å²) in [5, 5.41) is 14.3.